The molecule has 1 heterocycles. The highest BCUT2D eigenvalue weighted by molar-refractivity contribution is 5.94. The van der Waals surface area contributed by atoms with E-state index in [1.165, 1.54) is 0 Å². The van der Waals surface area contributed by atoms with Crippen molar-refractivity contribution in [2.24, 2.45) is 5.92 Å². The number of carbonyl (C=O) groups is 2. The maximum atomic E-state index is 10.3. The van der Waals surface area contributed by atoms with Gasteiger partial charge in [0.2, 0.25) is 0 Å². The summed E-state index contributed by atoms with van der Waals surface area (Å²) in [5.41, 5.74) is 0. The molecule has 0 spiro atoms. The summed E-state index contributed by atoms with van der Waals surface area (Å²) in [5.74, 6) is -1.01. The molecule has 1 saturated heterocycles. The molecule has 1 aliphatic heterocycles. The third kappa shape index (κ3) is 2.17. The second-order valence-corrected chi connectivity index (χ2v) is 1.90. The first-order valence-corrected chi connectivity index (χ1v) is 3.44. The smallest absolute Gasteiger partial charge is 0.316 e. The Morgan fingerprint density at radius 2 is 1.90 bits per heavy atom. The molecule has 1 fully saturated rings. The van der Waals surface area contributed by atoms with Crippen molar-refractivity contribution in [1.82, 2.24) is 0 Å². The second-order valence-electron chi connectivity index (χ2n) is 1.90. The zero-order chi connectivity index (χ0) is 8.15. The lowest BCUT2D eigenvalue weighted by molar-refractivity contribution is -0.152. The number of hydrogen-bond donors (Lipinski definition) is 0. The van der Waals surface area contributed by atoms with E-state index < -0.39 is 11.9 Å². The van der Waals surface area contributed by atoms with Crippen molar-refractivity contribution in [3.63, 3.8) is 0 Å². The second kappa shape index (κ2) is 4.04. The SMILES string of the molecule is CC.CC1CC(=O)OC1=O. The molecule has 0 aromatic rings. The van der Waals surface area contributed by atoms with Gasteiger partial charge >= 0.3 is 11.9 Å². The molecule has 1 unspecified atom stereocenters. The number of cyclic esters (lactones) is 2. The molecule has 0 amide bonds. The van der Waals surface area contributed by atoms with Crippen molar-refractivity contribution in [1.29, 1.82) is 0 Å². The Morgan fingerprint density at radius 1 is 1.40 bits per heavy atom. The first-order valence-electron chi connectivity index (χ1n) is 3.44. The standard InChI is InChI=1S/C5H6O3.C2H6/c1-3-2-4(6)8-5(3)7;1-2/h3H,2H2,1H3;1-2H3. The van der Waals surface area contributed by atoms with Gasteiger partial charge in [-0.3, -0.25) is 9.59 Å². The molecule has 0 radical (unpaired) electrons. The van der Waals surface area contributed by atoms with Gasteiger partial charge in [0.25, 0.3) is 0 Å². The van der Waals surface area contributed by atoms with Crippen molar-refractivity contribution in [3.05, 3.63) is 0 Å². The fourth-order valence-electron chi connectivity index (χ4n) is 0.588. The molecule has 58 valence electrons. The third-order valence-electron chi connectivity index (χ3n) is 1.09. The van der Waals surface area contributed by atoms with Gasteiger partial charge in [0, 0.05) is 0 Å². The van der Waals surface area contributed by atoms with E-state index in [2.05, 4.69) is 4.74 Å². The molecular weight excluding hydrogens is 132 g/mol. The highest BCUT2D eigenvalue weighted by atomic mass is 16.6. The lowest BCUT2D eigenvalue weighted by Crippen LogP contribution is -2.01. The summed E-state index contributed by atoms with van der Waals surface area (Å²) in [4.78, 5) is 20.6. The van der Waals surface area contributed by atoms with Crippen LogP contribution in [0.15, 0.2) is 0 Å². The quantitative estimate of drug-likeness (QED) is 0.378. The minimum absolute atomic E-state index is 0.220. The van der Waals surface area contributed by atoms with Gasteiger partial charge < -0.3 is 4.74 Å². The van der Waals surface area contributed by atoms with Gasteiger partial charge in [-0.1, -0.05) is 20.8 Å². The van der Waals surface area contributed by atoms with E-state index in [4.69, 9.17) is 0 Å². The van der Waals surface area contributed by atoms with Crippen molar-refractivity contribution < 1.29 is 14.3 Å². The Balaban J connectivity index is 0.000000371. The maximum absolute atomic E-state index is 10.3. The summed E-state index contributed by atoms with van der Waals surface area (Å²) in [6, 6.07) is 0. The highest BCUT2D eigenvalue weighted by Gasteiger charge is 2.28. The summed E-state index contributed by atoms with van der Waals surface area (Å²) in [5, 5.41) is 0. The fourth-order valence-corrected chi connectivity index (χ4v) is 0.588. The average Bonchev–Trinajstić information content (AvgIpc) is 2.16. The van der Waals surface area contributed by atoms with Crippen LogP contribution in [0.4, 0.5) is 0 Å². The van der Waals surface area contributed by atoms with E-state index in [0.717, 1.165) is 0 Å². The number of rotatable bonds is 0. The third-order valence-corrected chi connectivity index (χ3v) is 1.09. The van der Waals surface area contributed by atoms with Crippen LogP contribution in [0, 0.1) is 5.92 Å². The molecule has 1 rings (SSSR count). The van der Waals surface area contributed by atoms with Crippen molar-refractivity contribution >= 4 is 11.9 Å². The van der Waals surface area contributed by atoms with Gasteiger partial charge in [0.1, 0.15) is 0 Å². The lowest BCUT2D eigenvalue weighted by atomic mass is 10.1. The Labute approximate surface area is 60.4 Å². The van der Waals surface area contributed by atoms with Crippen LogP contribution in [0.2, 0.25) is 0 Å². The zero-order valence-corrected chi connectivity index (χ0v) is 6.51. The molecule has 1 atom stereocenters. The van der Waals surface area contributed by atoms with Crippen LogP contribution < -0.4 is 0 Å². The maximum Gasteiger partial charge on any atom is 0.316 e. The normalized spacial score (nSPS) is 23.3. The predicted molar refractivity (Wildman–Crippen MR) is 36.2 cm³/mol. The summed E-state index contributed by atoms with van der Waals surface area (Å²) in [7, 11) is 0. The number of esters is 2. The van der Waals surface area contributed by atoms with Gasteiger partial charge in [-0.05, 0) is 0 Å². The molecule has 3 nitrogen and oxygen atoms in total. The van der Waals surface area contributed by atoms with E-state index in [0.29, 0.717) is 0 Å². The van der Waals surface area contributed by atoms with Crippen molar-refractivity contribution in [3.8, 4) is 0 Å². The molecule has 0 saturated carbocycles. The van der Waals surface area contributed by atoms with Gasteiger partial charge in [-0.2, -0.15) is 0 Å². The predicted octanol–water partition coefficient (Wildman–Crippen LogP) is 1.12. The largest absolute Gasteiger partial charge is 0.393 e. The molecule has 10 heavy (non-hydrogen) atoms. The Morgan fingerprint density at radius 3 is 2.00 bits per heavy atom. The van der Waals surface area contributed by atoms with Crippen molar-refractivity contribution in [2.45, 2.75) is 27.2 Å². The number of ether oxygens (including phenoxy) is 1. The summed E-state index contributed by atoms with van der Waals surface area (Å²) in [6.07, 6.45) is 0.249. The molecule has 0 aliphatic carbocycles. The van der Waals surface area contributed by atoms with Crippen LogP contribution in [0.3, 0.4) is 0 Å². The van der Waals surface area contributed by atoms with Crippen LogP contribution >= 0.6 is 0 Å². The zero-order valence-electron chi connectivity index (χ0n) is 6.51. The Hall–Kier alpha value is -0.860. The topological polar surface area (TPSA) is 43.4 Å². The number of hydrogen-bond acceptors (Lipinski definition) is 3. The molecule has 3 heteroatoms. The molecule has 0 aromatic heterocycles. The van der Waals surface area contributed by atoms with Crippen LogP contribution in [0.25, 0.3) is 0 Å². The van der Waals surface area contributed by atoms with Crippen LogP contribution in [-0.4, -0.2) is 11.9 Å². The minimum Gasteiger partial charge on any atom is -0.393 e. The molecule has 1 aliphatic rings. The molecule has 0 bridgehead atoms. The monoisotopic (exact) mass is 144 g/mol. The Kier molecular flexibility index (Phi) is 3.69. The minimum atomic E-state index is -0.400. The van der Waals surface area contributed by atoms with E-state index in [-0.39, 0.29) is 12.3 Å². The van der Waals surface area contributed by atoms with Crippen LogP contribution in [0.5, 0.6) is 0 Å². The van der Waals surface area contributed by atoms with Gasteiger partial charge in [0.15, 0.2) is 0 Å². The first kappa shape index (κ1) is 9.14. The Bertz CT molecular complexity index is 140. The summed E-state index contributed by atoms with van der Waals surface area (Å²) < 4.78 is 4.20. The van der Waals surface area contributed by atoms with Crippen LogP contribution in [0.1, 0.15) is 27.2 Å². The van der Waals surface area contributed by atoms with E-state index in [1.807, 2.05) is 13.8 Å². The van der Waals surface area contributed by atoms with Crippen LogP contribution in [-0.2, 0) is 14.3 Å². The van der Waals surface area contributed by atoms with E-state index in [1.54, 1.807) is 6.92 Å². The first-order chi connectivity index (χ1) is 4.70. The molecule has 0 N–H and O–H groups in total. The van der Waals surface area contributed by atoms with Gasteiger partial charge in [0.05, 0.1) is 12.3 Å². The highest BCUT2D eigenvalue weighted by Crippen LogP contribution is 2.13. The average molecular weight is 144 g/mol. The van der Waals surface area contributed by atoms with Gasteiger partial charge in [-0.25, -0.2) is 0 Å². The lowest BCUT2D eigenvalue weighted by Gasteiger charge is -1.86. The number of carbonyl (C=O) groups excluding carboxylic acids is 2. The summed E-state index contributed by atoms with van der Waals surface area (Å²) >= 11 is 0. The molecule has 0 aromatic carbocycles. The molecular formula is C7H12O3. The van der Waals surface area contributed by atoms with Gasteiger partial charge in [-0.15, -0.1) is 0 Å². The van der Waals surface area contributed by atoms with E-state index in [9.17, 15) is 9.59 Å². The van der Waals surface area contributed by atoms with E-state index >= 15 is 0 Å². The van der Waals surface area contributed by atoms with Crippen molar-refractivity contribution in [2.75, 3.05) is 0 Å². The summed E-state index contributed by atoms with van der Waals surface area (Å²) in [6.45, 7) is 5.67. The fraction of sp³-hybridized carbons (Fsp3) is 0.714.